The molecule has 4 nitrogen and oxygen atoms in total. The van der Waals surface area contributed by atoms with Crippen molar-refractivity contribution in [1.82, 2.24) is 14.8 Å². The van der Waals surface area contributed by atoms with Crippen molar-refractivity contribution >= 4 is 11.6 Å². The fourth-order valence-electron chi connectivity index (χ4n) is 2.13. The Bertz CT molecular complexity index is 624. The van der Waals surface area contributed by atoms with Gasteiger partial charge in [-0.2, -0.15) is 10.4 Å². The SMILES string of the molecule is N#Cc1cc2c(nc1-n1cc(Cl)cn1)CCC2. The van der Waals surface area contributed by atoms with Crippen LogP contribution in [-0.2, 0) is 12.8 Å². The van der Waals surface area contributed by atoms with E-state index in [4.69, 9.17) is 16.9 Å². The summed E-state index contributed by atoms with van der Waals surface area (Å²) in [5.74, 6) is 0.569. The quantitative estimate of drug-likeness (QED) is 0.773. The standard InChI is InChI=1S/C12H9ClN4/c13-10-6-15-17(7-10)12-9(5-14)4-8-2-1-3-11(8)16-12/h4,6-7H,1-3H2. The van der Waals surface area contributed by atoms with E-state index in [0.29, 0.717) is 16.4 Å². The molecule has 0 unspecified atom stereocenters. The summed E-state index contributed by atoms with van der Waals surface area (Å²) >= 11 is 5.83. The molecule has 0 saturated heterocycles. The molecule has 84 valence electrons. The van der Waals surface area contributed by atoms with Crippen LogP contribution in [0.15, 0.2) is 18.5 Å². The number of nitrogens with zero attached hydrogens (tertiary/aromatic N) is 4. The molecule has 0 spiro atoms. The van der Waals surface area contributed by atoms with Crippen molar-refractivity contribution in [2.75, 3.05) is 0 Å². The molecule has 0 fully saturated rings. The highest BCUT2D eigenvalue weighted by Gasteiger charge is 2.17. The minimum absolute atomic E-state index is 0.538. The summed E-state index contributed by atoms with van der Waals surface area (Å²) in [4.78, 5) is 4.53. The largest absolute Gasteiger partial charge is 0.232 e. The second-order valence-corrected chi connectivity index (χ2v) is 4.47. The number of hydrogen-bond acceptors (Lipinski definition) is 3. The molecule has 17 heavy (non-hydrogen) atoms. The van der Waals surface area contributed by atoms with E-state index in [-0.39, 0.29) is 0 Å². The molecule has 0 radical (unpaired) electrons. The lowest BCUT2D eigenvalue weighted by Gasteiger charge is -2.06. The highest BCUT2D eigenvalue weighted by molar-refractivity contribution is 6.30. The molecule has 2 aromatic rings. The van der Waals surface area contributed by atoms with E-state index in [1.807, 2.05) is 6.07 Å². The van der Waals surface area contributed by atoms with Crippen LogP contribution in [0.4, 0.5) is 0 Å². The molecule has 2 heterocycles. The summed E-state index contributed by atoms with van der Waals surface area (Å²) in [6.45, 7) is 0. The smallest absolute Gasteiger partial charge is 0.171 e. The van der Waals surface area contributed by atoms with Crippen molar-refractivity contribution in [3.63, 3.8) is 0 Å². The number of rotatable bonds is 1. The van der Waals surface area contributed by atoms with Crippen molar-refractivity contribution in [3.8, 4) is 11.9 Å². The van der Waals surface area contributed by atoms with Crippen molar-refractivity contribution in [1.29, 1.82) is 5.26 Å². The van der Waals surface area contributed by atoms with Crippen molar-refractivity contribution < 1.29 is 0 Å². The van der Waals surface area contributed by atoms with Gasteiger partial charge in [-0.25, -0.2) is 9.67 Å². The Hall–Kier alpha value is -1.86. The van der Waals surface area contributed by atoms with Gasteiger partial charge in [0.1, 0.15) is 6.07 Å². The second kappa shape index (κ2) is 3.86. The first-order valence-electron chi connectivity index (χ1n) is 5.41. The third kappa shape index (κ3) is 1.69. The molecular formula is C12H9ClN4. The van der Waals surface area contributed by atoms with Gasteiger partial charge in [0, 0.05) is 5.69 Å². The fraction of sp³-hybridized carbons (Fsp3) is 0.250. The van der Waals surface area contributed by atoms with E-state index in [0.717, 1.165) is 25.0 Å². The molecule has 0 saturated carbocycles. The van der Waals surface area contributed by atoms with Crippen LogP contribution in [-0.4, -0.2) is 14.8 Å². The molecule has 0 N–H and O–H groups in total. The van der Waals surface area contributed by atoms with E-state index in [1.165, 1.54) is 11.8 Å². The van der Waals surface area contributed by atoms with Crippen molar-refractivity contribution in [2.45, 2.75) is 19.3 Å². The van der Waals surface area contributed by atoms with Crippen LogP contribution in [0.2, 0.25) is 5.02 Å². The topological polar surface area (TPSA) is 54.5 Å². The number of pyridine rings is 1. The molecule has 0 atom stereocenters. The van der Waals surface area contributed by atoms with Gasteiger partial charge in [-0.15, -0.1) is 0 Å². The molecule has 1 aliphatic rings. The van der Waals surface area contributed by atoms with Gasteiger partial charge in [0.15, 0.2) is 5.82 Å². The Labute approximate surface area is 103 Å². The highest BCUT2D eigenvalue weighted by atomic mass is 35.5. The van der Waals surface area contributed by atoms with Crippen LogP contribution < -0.4 is 0 Å². The molecule has 1 aliphatic carbocycles. The minimum atomic E-state index is 0.538. The van der Waals surface area contributed by atoms with Crippen molar-refractivity contribution in [3.05, 3.63) is 40.3 Å². The van der Waals surface area contributed by atoms with Gasteiger partial charge in [-0.3, -0.25) is 0 Å². The van der Waals surface area contributed by atoms with Gasteiger partial charge in [0.2, 0.25) is 0 Å². The predicted molar refractivity (Wildman–Crippen MR) is 63.1 cm³/mol. The van der Waals surface area contributed by atoms with E-state index >= 15 is 0 Å². The molecule has 0 bridgehead atoms. The predicted octanol–water partition coefficient (Wildman–Crippen LogP) is 2.28. The Kier molecular flexibility index (Phi) is 2.34. The Balaban J connectivity index is 2.19. The van der Waals surface area contributed by atoms with Gasteiger partial charge in [-0.05, 0) is 30.9 Å². The Morgan fingerprint density at radius 2 is 2.29 bits per heavy atom. The zero-order valence-electron chi connectivity index (χ0n) is 9.02. The summed E-state index contributed by atoms with van der Waals surface area (Å²) in [6, 6.07) is 4.08. The number of aryl methyl sites for hydroxylation is 2. The summed E-state index contributed by atoms with van der Waals surface area (Å²) < 4.78 is 1.56. The zero-order chi connectivity index (χ0) is 11.8. The first-order valence-corrected chi connectivity index (χ1v) is 5.79. The van der Waals surface area contributed by atoms with Crippen LogP contribution >= 0.6 is 11.6 Å². The van der Waals surface area contributed by atoms with Crippen LogP contribution in [0.3, 0.4) is 0 Å². The first kappa shape index (κ1) is 10.3. The minimum Gasteiger partial charge on any atom is -0.232 e. The van der Waals surface area contributed by atoms with Gasteiger partial charge in [-0.1, -0.05) is 11.6 Å². The molecule has 5 heteroatoms. The van der Waals surface area contributed by atoms with Gasteiger partial charge < -0.3 is 0 Å². The van der Waals surface area contributed by atoms with Gasteiger partial charge >= 0.3 is 0 Å². The summed E-state index contributed by atoms with van der Waals surface area (Å²) in [7, 11) is 0. The maximum atomic E-state index is 9.15. The molecule has 0 aliphatic heterocycles. The lowest BCUT2D eigenvalue weighted by molar-refractivity contribution is 0.828. The van der Waals surface area contributed by atoms with E-state index in [2.05, 4.69) is 16.2 Å². The highest BCUT2D eigenvalue weighted by Crippen LogP contribution is 2.24. The lowest BCUT2D eigenvalue weighted by Crippen LogP contribution is -2.04. The van der Waals surface area contributed by atoms with E-state index in [9.17, 15) is 0 Å². The van der Waals surface area contributed by atoms with Crippen LogP contribution in [0.5, 0.6) is 0 Å². The second-order valence-electron chi connectivity index (χ2n) is 4.03. The fourth-order valence-corrected chi connectivity index (χ4v) is 2.27. The Morgan fingerprint density at radius 3 is 3.00 bits per heavy atom. The summed E-state index contributed by atoms with van der Waals surface area (Å²) in [5.41, 5.74) is 2.81. The molecular weight excluding hydrogens is 236 g/mol. The molecule has 0 amide bonds. The number of fused-ring (bicyclic) bond motifs is 1. The molecule has 3 rings (SSSR count). The maximum absolute atomic E-state index is 9.15. The van der Waals surface area contributed by atoms with Crippen molar-refractivity contribution in [2.24, 2.45) is 0 Å². The monoisotopic (exact) mass is 244 g/mol. The normalized spacial score (nSPS) is 13.4. The van der Waals surface area contributed by atoms with E-state index < -0.39 is 0 Å². The first-order chi connectivity index (χ1) is 8.28. The maximum Gasteiger partial charge on any atom is 0.171 e. The average molecular weight is 245 g/mol. The third-order valence-corrected chi connectivity index (χ3v) is 3.11. The van der Waals surface area contributed by atoms with Crippen LogP contribution in [0.1, 0.15) is 23.2 Å². The molecule has 0 aromatic carbocycles. The Morgan fingerprint density at radius 1 is 1.41 bits per heavy atom. The summed E-state index contributed by atoms with van der Waals surface area (Å²) in [5, 5.41) is 13.8. The number of hydrogen-bond donors (Lipinski definition) is 0. The number of aromatic nitrogens is 3. The van der Waals surface area contributed by atoms with Gasteiger partial charge in [0.05, 0.1) is 23.0 Å². The van der Waals surface area contributed by atoms with Gasteiger partial charge in [0.25, 0.3) is 0 Å². The van der Waals surface area contributed by atoms with Crippen LogP contribution in [0.25, 0.3) is 5.82 Å². The number of halogens is 1. The third-order valence-electron chi connectivity index (χ3n) is 2.92. The zero-order valence-corrected chi connectivity index (χ0v) is 9.78. The van der Waals surface area contributed by atoms with Crippen LogP contribution in [0, 0.1) is 11.3 Å². The average Bonchev–Trinajstić information content (AvgIpc) is 2.94. The molecule has 2 aromatic heterocycles. The lowest BCUT2D eigenvalue weighted by atomic mass is 10.1. The number of nitriles is 1. The van der Waals surface area contributed by atoms with E-state index in [1.54, 1.807) is 10.9 Å². The summed E-state index contributed by atoms with van der Waals surface area (Å²) in [6.07, 6.45) is 6.29.